The van der Waals surface area contributed by atoms with Gasteiger partial charge in [0.05, 0.1) is 11.5 Å². The van der Waals surface area contributed by atoms with E-state index in [0.29, 0.717) is 38.8 Å². The minimum atomic E-state index is -4.05. The molecule has 0 radical (unpaired) electrons. The molecular weight excluding hydrogens is 484 g/mol. The van der Waals surface area contributed by atoms with Crippen LogP contribution in [0.25, 0.3) is 10.8 Å². The molecule has 11 nitrogen and oxygen atoms in total. The van der Waals surface area contributed by atoms with Gasteiger partial charge in [-0.25, -0.2) is 8.42 Å². The van der Waals surface area contributed by atoms with Crippen molar-refractivity contribution in [1.82, 2.24) is 20.3 Å². The summed E-state index contributed by atoms with van der Waals surface area (Å²) in [7, 11) is -4.05. The number of benzene rings is 2. The number of aliphatic hydroxyl groups excluding tert-OH is 1. The first kappa shape index (κ1) is 27.4. The van der Waals surface area contributed by atoms with E-state index >= 15 is 0 Å². The van der Waals surface area contributed by atoms with Crippen LogP contribution in [0, 0.1) is 5.41 Å². The van der Waals surface area contributed by atoms with E-state index in [4.69, 9.17) is 11.1 Å². The highest BCUT2D eigenvalue weighted by molar-refractivity contribution is 7.89. The molecule has 0 bridgehead atoms. The molecule has 2 aromatic rings. The highest BCUT2D eigenvalue weighted by Gasteiger charge is 2.35. The number of likely N-dealkylation sites (tertiary alicyclic amines) is 1. The fraction of sp³-hybridized carbons (Fsp3) is 0.458. The Balaban J connectivity index is 1.55. The summed E-state index contributed by atoms with van der Waals surface area (Å²) in [6, 6.07) is 10.4. The first-order valence-corrected chi connectivity index (χ1v) is 13.5. The number of unbranched alkanes of at least 4 members (excludes halogenated alkanes) is 1. The molecule has 1 aliphatic heterocycles. The predicted molar refractivity (Wildman–Crippen MR) is 137 cm³/mol. The Bertz CT molecular complexity index is 1190. The lowest BCUT2D eigenvalue weighted by atomic mass is 10.1. The molecule has 36 heavy (non-hydrogen) atoms. The number of hydrogen-bond donors (Lipinski definition) is 6. The Morgan fingerprint density at radius 3 is 2.61 bits per heavy atom. The number of sulfonamides is 1. The van der Waals surface area contributed by atoms with Crippen molar-refractivity contribution in [2.45, 2.75) is 49.1 Å². The van der Waals surface area contributed by atoms with Crippen molar-refractivity contribution in [1.29, 1.82) is 5.41 Å². The summed E-state index contributed by atoms with van der Waals surface area (Å²) in [5, 5.41) is 24.1. The van der Waals surface area contributed by atoms with E-state index in [1.807, 2.05) is 18.2 Å². The Labute approximate surface area is 211 Å². The minimum Gasteiger partial charge on any atom is -0.394 e. The zero-order valence-electron chi connectivity index (χ0n) is 20.1. The molecule has 0 aromatic heterocycles. The molecule has 0 spiro atoms. The largest absolute Gasteiger partial charge is 0.394 e. The fourth-order valence-electron chi connectivity index (χ4n) is 4.25. The van der Waals surface area contributed by atoms with Crippen LogP contribution >= 0.6 is 0 Å². The van der Waals surface area contributed by atoms with E-state index in [-0.39, 0.29) is 29.3 Å². The zero-order valence-corrected chi connectivity index (χ0v) is 20.9. The third-order valence-electron chi connectivity index (χ3n) is 6.15. The number of amides is 2. The number of carbonyl (C=O) groups excluding carboxylic acids is 2. The SMILES string of the molecule is N=C(N)NCCCCC(=O)NC[C@@H]1CCCN1C(=O)[C@H](CO)NS(=O)(=O)c1ccc2ccccc2c1. The van der Waals surface area contributed by atoms with Gasteiger partial charge in [-0.05, 0) is 48.6 Å². The number of fused-ring (bicyclic) bond motifs is 1. The van der Waals surface area contributed by atoms with Crippen molar-refractivity contribution in [2.75, 3.05) is 26.2 Å². The summed E-state index contributed by atoms with van der Waals surface area (Å²) in [6.45, 7) is 0.511. The third-order valence-corrected chi connectivity index (χ3v) is 7.62. The van der Waals surface area contributed by atoms with Crippen LogP contribution in [0.4, 0.5) is 0 Å². The molecule has 7 N–H and O–H groups in total. The molecule has 1 aliphatic rings. The molecule has 2 amide bonds. The van der Waals surface area contributed by atoms with Crippen LogP contribution in [0.3, 0.4) is 0 Å². The summed E-state index contributed by atoms with van der Waals surface area (Å²) in [5.74, 6) is -0.770. The zero-order chi connectivity index (χ0) is 26.1. The highest BCUT2D eigenvalue weighted by atomic mass is 32.2. The van der Waals surface area contributed by atoms with Crippen molar-refractivity contribution >= 4 is 38.6 Å². The highest BCUT2D eigenvalue weighted by Crippen LogP contribution is 2.21. The molecule has 0 aliphatic carbocycles. The molecule has 1 fully saturated rings. The maximum absolute atomic E-state index is 13.1. The Kier molecular flexibility index (Phi) is 9.62. The monoisotopic (exact) mass is 518 g/mol. The quantitative estimate of drug-likeness (QED) is 0.132. The summed E-state index contributed by atoms with van der Waals surface area (Å²) in [4.78, 5) is 26.9. The van der Waals surface area contributed by atoms with Gasteiger partial charge in [0, 0.05) is 32.1 Å². The minimum absolute atomic E-state index is 0.0104. The lowest BCUT2D eigenvalue weighted by molar-refractivity contribution is -0.135. The van der Waals surface area contributed by atoms with Crippen molar-refractivity contribution in [3.63, 3.8) is 0 Å². The van der Waals surface area contributed by atoms with Gasteiger partial charge in [-0.15, -0.1) is 0 Å². The van der Waals surface area contributed by atoms with Gasteiger partial charge >= 0.3 is 0 Å². The standard InChI is InChI=1S/C24H34N6O5S/c25-24(26)27-12-4-3-9-22(32)28-15-19-8-5-13-30(19)23(33)21(16-31)29-36(34,35)20-11-10-17-6-1-2-7-18(17)14-20/h1-2,6-7,10-11,14,19,21,29,31H,3-5,8-9,12-13,15-16H2,(H,28,32)(H4,25,26,27)/t19-,21-/m0/s1. The lowest BCUT2D eigenvalue weighted by Gasteiger charge is -2.28. The van der Waals surface area contributed by atoms with Gasteiger partial charge in [0.15, 0.2) is 5.96 Å². The molecule has 1 heterocycles. The van der Waals surface area contributed by atoms with Crippen LogP contribution in [-0.2, 0) is 19.6 Å². The third kappa shape index (κ3) is 7.39. The van der Waals surface area contributed by atoms with Crippen LogP contribution in [-0.4, -0.2) is 74.5 Å². The van der Waals surface area contributed by atoms with Gasteiger partial charge in [0.2, 0.25) is 21.8 Å². The van der Waals surface area contributed by atoms with E-state index < -0.39 is 28.6 Å². The summed E-state index contributed by atoms with van der Waals surface area (Å²) in [6.07, 6.45) is 3.02. The van der Waals surface area contributed by atoms with Gasteiger partial charge in [-0.1, -0.05) is 30.3 Å². The Morgan fingerprint density at radius 1 is 1.14 bits per heavy atom. The van der Waals surface area contributed by atoms with Crippen molar-refractivity contribution in [3.8, 4) is 0 Å². The summed E-state index contributed by atoms with van der Waals surface area (Å²) in [5.41, 5.74) is 5.21. The number of aliphatic hydroxyl groups is 1. The molecule has 1 saturated heterocycles. The molecule has 2 aromatic carbocycles. The average Bonchev–Trinajstić information content (AvgIpc) is 3.33. The van der Waals surface area contributed by atoms with Crippen LogP contribution in [0.5, 0.6) is 0 Å². The number of carbonyl (C=O) groups is 2. The van der Waals surface area contributed by atoms with E-state index in [0.717, 1.165) is 17.2 Å². The summed E-state index contributed by atoms with van der Waals surface area (Å²) >= 11 is 0. The van der Waals surface area contributed by atoms with Gasteiger partial charge in [-0.2, -0.15) is 4.72 Å². The van der Waals surface area contributed by atoms with Crippen LogP contribution in [0.2, 0.25) is 0 Å². The molecule has 0 unspecified atom stereocenters. The van der Waals surface area contributed by atoms with Gasteiger partial charge in [-0.3, -0.25) is 15.0 Å². The first-order chi connectivity index (χ1) is 17.2. The number of nitrogens with one attached hydrogen (secondary N) is 4. The summed E-state index contributed by atoms with van der Waals surface area (Å²) < 4.78 is 28.3. The maximum Gasteiger partial charge on any atom is 0.243 e. The second-order valence-corrected chi connectivity index (χ2v) is 10.5. The smallest absolute Gasteiger partial charge is 0.243 e. The van der Waals surface area contributed by atoms with Gasteiger partial charge < -0.3 is 26.4 Å². The lowest BCUT2D eigenvalue weighted by Crippen LogP contribution is -2.53. The van der Waals surface area contributed by atoms with Crippen molar-refractivity contribution in [2.24, 2.45) is 5.73 Å². The first-order valence-electron chi connectivity index (χ1n) is 12.0. The number of guanidine groups is 1. The van der Waals surface area contributed by atoms with E-state index in [1.54, 1.807) is 12.1 Å². The fourth-order valence-corrected chi connectivity index (χ4v) is 5.46. The van der Waals surface area contributed by atoms with Crippen molar-refractivity contribution in [3.05, 3.63) is 42.5 Å². The molecule has 12 heteroatoms. The van der Waals surface area contributed by atoms with Gasteiger partial charge in [0.25, 0.3) is 0 Å². The average molecular weight is 519 g/mol. The number of rotatable bonds is 12. The molecule has 3 rings (SSSR count). The molecule has 0 saturated carbocycles. The Morgan fingerprint density at radius 2 is 1.89 bits per heavy atom. The topological polar surface area (TPSA) is 178 Å². The molecule has 196 valence electrons. The van der Waals surface area contributed by atoms with Gasteiger partial charge in [0.1, 0.15) is 6.04 Å². The van der Waals surface area contributed by atoms with E-state index in [2.05, 4.69) is 15.4 Å². The number of nitrogens with two attached hydrogens (primary N) is 1. The predicted octanol–water partition coefficient (Wildman–Crippen LogP) is 0.240. The van der Waals surface area contributed by atoms with Crippen LogP contribution in [0.1, 0.15) is 32.1 Å². The molecule has 2 atom stereocenters. The number of nitrogens with zero attached hydrogens (tertiary/aromatic N) is 1. The van der Waals surface area contributed by atoms with Crippen LogP contribution in [0.15, 0.2) is 47.4 Å². The van der Waals surface area contributed by atoms with Crippen LogP contribution < -0.4 is 21.1 Å². The van der Waals surface area contributed by atoms with E-state index in [1.165, 1.54) is 17.0 Å². The number of hydrogen-bond acceptors (Lipinski definition) is 6. The molecular formula is C24H34N6O5S. The Hall–Kier alpha value is -3.22. The maximum atomic E-state index is 13.1. The normalized spacial score (nSPS) is 16.6. The second kappa shape index (κ2) is 12.7. The second-order valence-electron chi connectivity index (χ2n) is 8.79. The van der Waals surface area contributed by atoms with E-state index in [9.17, 15) is 23.1 Å². The van der Waals surface area contributed by atoms with Crippen molar-refractivity contribution < 1.29 is 23.1 Å².